The van der Waals surface area contributed by atoms with Crippen molar-refractivity contribution in [3.63, 3.8) is 0 Å². The van der Waals surface area contributed by atoms with E-state index in [1.54, 1.807) is 12.1 Å². The molecule has 1 atom stereocenters. The fourth-order valence-corrected chi connectivity index (χ4v) is 1.14. The van der Waals surface area contributed by atoms with Crippen molar-refractivity contribution in [1.29, 1.82) is 0 Å². The number of benzene rings is 1. The molecule has 1 aromatic rings. The van der Waals surface area contributed by atoms with E-state index in [1.165, 1.54) is 19.1 Å². The molecule has 0 aromatic heterocycles. The van der Waals surface area contributed by atoms with E-state index >= 15 is 0 Å². The molecule has 1 N–H and O–H groups in total. The predicted molar refractivity (Wildman–Crippen MR) is 46.3 cm³/mol. The van der Waals surface area contributed by atoms with Crippen LogP contribution in [0.2, 0.25) is 0 Å². The lowest BCUT2D eigenvalue weighted by molar-refractivity contribution is -0.0249. The summed E-state index contributed by atoms with van der Waals surface area (Å²) in [6, 6.07) is 5.90. The quantitative estimate of drug-likeness (QED) is 0.758. The van der Waals surface area contributed by atoms with Crippen LogP contribution in [-0.2, 0) is 11.5 Å². The summed E-state index contributed by atoms with van der Waals surface area (Å²) < 4.78 is 12.7. The summed E-state index contributed by atoms with van der Waals surface area (Å²) in [4.78, 5) is 0. The topological polar surface area (TPSA) is 40.1 Å². The average molecular weight is 183 g/mol. The lowest BCUT2D eigenvalue weighted by Crippen LogP contribution is -2.30. The number of hydrogen-bond donors (Lipinski definition) is 1. The molecule has 1 unspecified atom stereocenters. The Morgan fingerprint density at radius 1 is 1.54 bits per heavy atom. The van der Waals surface area contributed by atoms with Gasteiger partial charge in [0.25, 0.3) is 0 Å². The Balaban J connectivity index is 2.74. The van der Waals surface area contributed by atoms with Gasteiger partial charge in [0.2, 0.25) is 0 Å². The highest BCUT2D eigenvalue weighted by Crippen LogP contribution is 2.13. The van der Waals surface area contributed by atoms with E-state index in [-0.39, 0.29) is 12.2 Å². The van der Waals surface area contributed by atoms with Gasteiger partial charge in [-0.05, 0) is 24.6 Å². The van der Waals surface area contributed by atoms with Crippen LogP contribution in [0.3, 0.4) is 0 Å². The van der Waals surface area contributed by atoms with Crippen LogP contribution in [0.5, 0.6) is 0 Å². The number of hydrogen-bond acceptors (Lipinski definition) is 1. The van der Waals surface area contributed by atoms with E-state index in [0.717, 1.165) is 0 Å². The third-order valence-electron chi connectivity index (χ3n) is 1.78. The van der Waals surface area contributed by atoms with Crippen LogP contribution in [0.1, 0.15) is 12.5 Å². The van der Waals surface area contributed by atoms with Crippen molar-refractivity contribution >= 4 is 0 Å². The number of rotatable bonds is 3. The zero-order valence-electron chi connectivity index (χ0n) is 7.46. The van der Waals surface area contributed by atoms with Gasteiger partial charge in [-0.2, -0.15) is 0 Å². The fraction of sp³-hybridized carbons (Fsp3) is 0.400. The zero-order valence-corrected chi connectivity index (χ0v) is 7.46. The van der Waals surface area contributed by atoms with Crippen LogP contribution in [0.4, 0.5) is 4.39 Å². The van der Waals surface area contributed by atoms with Gasteiger partial charge in [0.1, 0.15) is 12.4 Å². The maximum absolute atomic E-state index is 12.7. The molecule has 0 spiro atoms. The van der Waals surface area contributed by atoms with Crippen molar-refractivity contribution < 1.29 is 14.6 Å². The third-order valence-corrected chi connectivity index (χ3v) is 1.78. The standard InChI is InChI=1S/C10H12FO2/c1-10(13,7-12)6-8-3-2-4-9(11)5-8/h2-5,13H,6-7H2,1H3. The van der Waals surface area contributed by atoms with Gasteiger partial charge in [-0.1, -0.05) is 12.1 Å². The molecule has 0 heterocycles. The molecular weight excluding hydrogens is 171 g/mol. The number of aliphatic hydroxyl groups is 1. The predicted octanol–water partition coefficient (Wildman–Crippen LogP) is 1.55. The van der Waals surface area contributed by atoms with Gasteiger partial charge in [-0.25, -0.2) is 9.50 Å². The largest absolute Gasteiger partial charge is 0.387 e. The van der Waals surface area contributed by atoms with Gasteiger partial charge in [-0.3, -0.25) is 0 Å². The van der Waals surface area contributed by atoms with Crippen LogP contribution >= 0.6 is 0 Å². The van der Waals surface area contributed by atoms with Crippen molar-refractivity contribution in [3.05, 3.63) is 35.6 Å². The number of halogens is 1. The molecule has 1 rings (SSSR count). The molecule has 0 aliphatic heterocycles. The monoisotopic (exact) mass is 183 g/mol. The molecule has 0 aliphatic carbocycles. The Bertz CT molecular complexity index is 284. The Morgan fingerprint density at radius 2 is 2.23 bits per heavy atom. The molecule has 2 nitrogen and oxygen atoms in total. The summed E-state index contributed by atoms with van der Waals surface area (Å²) in [7, 11) is 0. The molecule has 0 amide bonds. The summed E-state index contributed by atoms with van der Waals surface area (Å²) in [5.74, 6) is -0.348. The molecule has 0 fully saturated rings. The first kappa shape index (κ1) is 10.2. The second-order valence-electron chi connectivity index (χ2n) is 3.45. The molecule has 13 heavy (non-hydrogen) atoms. The Hall–Kier alpha value is -0.930. The van der Waals surface area contributed by atoms with Gasteiger partial charge >= 0.3 is 0 Å². The van der Waals surface area contributed by atoms with E-state index in [9.17, 15) is 14.6 Å². The van der Waals surface area contributed by atoms with E-state index < -0.39 is 12.2 Å². The second-order valence-corrected chi connectivity index (χ2v) is 3.45. The summed E-state index contributed by atoms with van der Waals surface area (Å²) in [6.45, 7) is 0.869. The Labute approximate surface area is 76.6 Å². The maximum Gasteiger partial charge on any atom is 0.123 e. The Morgan fingerprint density at radius 3 is 2.77 bits per heavy atom. The van der Waals surface area contributed by atoms with Crippen molar-refractivity contribution in [2.45, 2.75) is 18.9 Å². The molecule has 0 bridgehead atoms. The minimum Gasteiger partial charge on any atom is -0.387 e. The first-order valence-electron chi connectivity index (χ1n) is 4.08. The fourth-order valence-electron chi connectivity index (χ4n) is 1.14. The molecular formula is C10H12FO2. The van der Waals surface area contributed by atoms with E-state index in [0.29, 0.717) is 5.56 Å². The smallest absolute Gasteiger partial charge is 0.123 e. The zero-order chi connectivity index (χ0) is 9.90. The minimum absolute atomic E-state index is 0.189. The molecule has 0 saturated carbocycles. The summed E-state index contributed by atoms with van der Waals surface area (Å²) in [5.41, 5.74) is -0.644. The molecule has 1 radical (unpaired) electrons. The van der Waals surface area contributed by atoms with Crippen LogP contribution in [0, 0.1) is 5.82 Å². The van der Waals surface area contributed by atoms with E-state index in [1.807, 2.05) is 0 Å². The lowest BCUT2D eigenvalue weighted by atomic mass is 9.97. The van der Waals surface area contributed by atoms with Crippen LogP contribution in [0.15, 0.2) is 24.3 Å². The summed E-state index contributed by atoms with van der Waals surface area (Å²) in [6.07, 6.45) is 0.189. The van der Waals surface area contributed by atoms with Gasteiger partial charge in [0.15, 0.2) is 0 Å². The highest BCUT2D eigenvalue weighted by molar-refractivity contribution is 5.18. The van der Waals surface area contributed by atoms with Crippen LogP contribution in [-0.4, -0.2) is 17.3 Å². The van der Waals surface area contributed by atoms with Gasteiger partial charge in [0, 0.05) is 6.42 Å². The lowest BCUT2D eigenvalue weighted by Gasteiger charge is -2.18. The molecule has 1 aromatic carbocycles. The van der Waals surface area contributed by atoms with Gasteiger partial charge in [0.05, 0.1) is 5.60 Å². The molecule has 3 heteroatoms. The van der Waals surface area contributed by atoms with Gasteiger partial charge < -0.3 is 5.11 Å². The summed E-state index contributed by atoms with van der Waals surface area (Å²) in [5, 5.41) is 19.9. The van der Waals surface area contributed by atoms with Gasteiger partial charge in [-0.15, -0.1) is 0 Å². The van der Waals surface area contributed by atoms with Crippen molar-refractivity contribution in [2.75, 3.05) is 6.61 Å². The van der Waals surface area contributed by atoms with Crippen molar-refractivity contribution in [3.8, 4) is 0 Å². The minimum atomic E-state index is -1.28. The van der Waals surface area contributed by atoms with Crippen LogP contribution in [0.25, 0.3) is 0 Å². The van der Waals surface area contributed by atoms with E-state index in [2.05, 4.69) is 0 Å². The molecule has 0 aliphatic rings. The Kier molecular flexibility index (Phi) is 3.01. The SMILES string of the molecule is CC(O)(C[O])Cc1cccc(F)c1. The van der Waals surface area contributed by atoms with Crippen LogP contribution < -0.4 is 0 Å². The van der Waals surface area contributed by atoms with Crippen molar-refractivity contribution in [1.82, 2.24) is 0 Å². The second kappa shape index (κ2) is 3.85. The average Bonchev–Trinajstić information content (AvgIpc) is 2.03. The van der Waals surface area contributed by atoms with E-state index in [4.69, 9.17) is 0 Å². The molecule has 71 valence electrons. The maximum atomic E-state index is 12.7. The first-order chi connectivity index (χ1) is 6.03. The third kappa shape index (κ3) is 3.13. The van der Waals surface area contributed by atoms with Crippen molar-refractivity contribution in [2.24, 2.45) is 0 Å². The highest BCUT2D eigenvalue weighted by atomic mass is 19.1. The first-order valence-corrected chi connectivity index (χ1v) is 4.08. The normalized spacial score (nSPS) is 15.4. The summed E-state index contributed by atoms with van der Waals surface area (Å²) >= 11 is 0. The molecule has 0 saturated heterocycles. The highest BCUT2D eigenvalue weighted by Gasteiger charge is 2.20.